The van der Waals surface area contributed by atoms with Gasteiger partial charge in [0, 0.05) is 10.6 Å². The molecule has 2 amide bonds. The van der Waals surface area contributed by atoms with Crippen LogP contribution in [0.5, 0.6) is 0 Å². The molecule has 6 nitrogen and oxygen atoms in total. The van der Waals surface area contributed by atoms with Gasteiger partial charge in [0.25, 0.3) is 5.91 Å². The molecule has 3 rings (SSSR count). The summed E-state index contributed by atoms with van der Waals surface area (Å²) in [4.78, 5) is 38.8. The molecule has 0 radical (unpaired) electrons. The van der Waals surface area contributed by atoms with Gasteiger partial charge in [-0.05, 0) is 37.3 Å². The molecule has 10 heteroatoms. The second kappa shape index (κ2) is 9.42. The monoisotopic (exact) mass is 452 g/mol. The second-order valence-electron chi connectivity index (χ2n) is 6.75. The lowest BCUT2D eigenvalue weighted by atomic mass is 10.1. The zero-order valence-electron chi connectivity index (χ0n) is 16.4. The smallest absolute Gasteiger partial charge is 0.416 e. The number of esters is 1. The number of fused-ring (bicyclic) bond motifs is 1. The van der Waals surface area contributed by atoms with Crippen molar-refractivity contribution in [1.29, 1.82) is 0 Å². The molecule has 0 aliphatic carbocycles. The third kappa shape index (κ3) is 5.78. The predicted octanol–water partition coefficient (Wildman–Crippen LogP) is 4.10. The number of carbonyl (C=O) groups is 3. The highest BCUT2D eigenvalue weighted by molar-refractivity contribution is 7.99. The number of alkyl halides is 3. The molecule has 2 aromatic rings. The molecule has 1 unspecified atom stereocenters. The van der Waals surface area contributed by atoms with E-state index in [9.17, 15) is 27.6 Å². The van der Waals surface area contributed by atoms with Gasteiger partial charge in [-0.25, -0.2) is 0 Å². The average Bonchev–Trinajstić information content (AvgIpc) is 2.72. The number of ether oxygens (including phenoxy) is 1. The molecule has 0 aromatic heterocycles. The fourth-order valence-corrected chi connectivity index (χ4v) is 3.81. The summed E-state index contributed by atoms with van der Waals surface area (Å²) in [6, 6.07) is 12.2. The first-order valence-electron chi connectivity index (χ1n) is 9.35. The minimum Gasteiger partial charge on any atom is -0.452 e. The molecule has 1 N–H and O–H groups in total. The predicted molar refractivity (Wildman–Crippen MR) is 110 cm³/mol. The molecule has 31 heavy (non-hydrogen) atoms. The molecular weight excluding hydrogens is 433 g/mol. The van der Waals surface area contributed by atoms with Crippen LogP contribution in [0.1, 0.15) is 18.9 Å². The van der Waals surface area contributed by atoms with E-state index >= 15 is 0 Å². The van der Waals surface area contributed by atoms with Crippen LogP contribution in [0.25, 0.3) is 0 Å². The lowest BCUT2D eigenvalue weighted by Gasteiger charge is -2.31. The number of halogens is 3. The fraction of sp³-hybridized carbons (Fsp3) is 0.286. The van der Waals surface area contributed by atoms with Crippen LogP contribution >= 0.6 is 11.8 Å². The molecule has 1 atom stereocenters. The van der Waals surface area contributed by atoms with Gasteiger partial charge in [0.1, 0.15) is 6.54 Å². The lowest BCUT2D eigenvalue weighted by Crippen LogP contribution is -2.47. The maximum Gasteiger partial charge on any atom is 0.416 e. The van der Waals surface area contributed by atoms with Crippen molar-refractivity contribution in [2.45, 2.75) is 30.5 Å². The summed E-state index contributed by atoms with van der Waals surface area (Å²) < 4.78 is 44.0. The van der Waals surface area contributed by atoms with E-state index in [2.05, 4.69) is 5.32 Å². The quantitative estimate of drug-likeness (QED) is 0.528. The highest BCUT2D eigenvalue weighted by Gasteiger charge is 2.35. The number of nitrogens with zero attached hydrogens (tertiary/aromatic N) is 1. The normalized spacial score (nSPS) is 14.5. The Bertz CT molecular complexity index is 982. The second-order valence-corrected chi connectivity index (χ2v) is 7.91. The van der Waals surface area contributed by atoms with E-state index in [1.54, 1.807) is 0 Å². The number of rotatable bonds is 6. The van der Waals surface area contributed by atoms with Gasteiger partial charge in [0.2, 0.25) is 5.91 Å². The van der Waals surface area contributed by atoms with Gasteiger partial charge >= 0.3 is 12.1 Å². The highest BCUT2D eigenvalue weighted by Crippen LogP contribution is 2.37. The SMILES string of the molecule is CC(OC(=O)CCSc1ccccc1)C(=O)N1CC(=O)Nc2cc(C(F)(F)F)ccc21. The Balaban J connectivity index is 1.62. The molecule has 164 valence electrons. The van der Waals surface area contributed by atoms with Gasteiger partial charge in [0.05, 0.1) is 23.4 Å². The van der Waals surface area contributed by atoms with Crippen molar-refractivity contribution in [2.24, 2.45) is 0 Å². The summed E-state index contributed by atoms with van der Waals surface area (Å²) >= 11 is 1.47. The Kier molecular flexibility index (Phi) is 6.89. The van der Waals surface area contributed by atoms with E-state index in [0.717, 1.165) is 28.0 Å². The van der Waals surface area contributed by atoms with Crippen LogP contribution < -0.4 is 10.2 Å². The summed E-state index contributed by atoms with van der Waals surface area (Å²) in [7, 11) is 0. The third-order valence-corrected chi connectivity index (χ3v) is 5.44. The Morgan fingerprint density at radius 3 is 2.58 bits per heavy atom. The molecule has 0 saturated heterocycles. The number of hydrogen-bond acceptors (Lipinski definition) is 5. The standard InChI is InChI=1S/C21H19F3N2O4S/c1-13(30-19(28)9-10-31-15-5-3-2-4-6-15)20(29)26-12-18(27)25-16-11-14(21(22,23)24)7-8-17(16)26/h2-8,11,13H,9-10,12H2,1H3,(H,25,27). The van der Waals surface area contributed by atoms with E-state index in [4.69, 9.17) is 4.74 Å². The summed E-state index contributed by atoms with van der Waals surface area (Å²) in [5.41, 5.74) is -0.964. The van der Waals surface area contributed by atoms with Gasteiger partial charge in [0.15, 0.2) is 6.10 Å². The number of amides is 2. The third-order valence-electron chi connectivity index (χ3n) is 4.43. The van der Waals surface area contributed by atoms with Crippen LogP contribution in [-0.2, 0) is 25.3 Å². The minimum absolute atomic E-state index is 0.0726. The summed E-state index contributed by atoms with van der Waals surface area (Å²) in [5, 5.41) is 2.34. The Morgan fingerprint density at radius 2 is 1.90 bits per heavy atom. The lowest BCUT2D eigenvalue weighted by molar-refractivity contribution is -0.153. The van der Waals surface area contributed by atoms with E-state index in [0.29, 0.717) is 5.75 Å². The van der Waals surface area contributed by atoms with Crippen LogP contribution in [0, 0.1) is 0 Å². The maximum absolute atomic E-state index is 12.9. The molecule has 0 saturated carbocycles. The number of nitrogens with one attached hydrogen (secondary N) is 1. The van der Waals surface area contributed by atoms with Gasteiger partial charge in [-0.3, -0.25) is 19.3 Å². The molecule has 1 aliphatic rings. The number of carbonyl (C=O) groups excluding carboxylic acids is 3. The van der Waals surface area contributed by atoms with Crippen LogP contribution in [0.4, 0.5) is 24.5 Å². The first-order chi connectivity index (χ1) is 14.6. The fourth-order valence-electron chi connectivity index (χ4n) is 2.96. The van der Waals surface area contributed by atoms with E-state index < -0.39 is 35.6 Å². The van der Waals surface area contributed by atoms with Crippen LogP contribution in [0.2, 0.25) is 0 Å². The zero-order valence-corrected chi connectivity index (χ0v) is 17.3. The van der Waals surface area contributed by atoms with Crippen molar-refractivity contribution in [3.05, 3.63) is 54.1 Å². The molecule has 2 aromatic carbocycles. The van der Waals surface area contributed by atoms with Gasteiger partial charge < -0.3 is 10.1 Å². The Morgan fingerprint density at radius 1 is 1.19 bits per heavy atom. The van der Waals surface area contributed by atoms with Crippen molar-refractivity contribution in [1.82, 2.24) is 0 Å². The summed E-state index contributed by atoms with van der Waals surface area (Å²) in [6.45, 7) is 0.976. The van der Waals surface area contributed by atoms with Crippen LogP contribution in [0.15, 0.2) is 53.4 Å². The van der Waals surface area contributed by atoms with Crippen molar-refractivity contribution in [3.8, 4) is 0 Å². The van der Waals surface area contributed by atoms with Gasteiger partial charge in [-0.2, -0.15) is 13.2 Å². The first kappa shape index (κ1) is 22.7. The topological polar surface area (TPSA) is 75.7 Å². The molecular formula is C21H19F3N2O4S. The zero-order chi connectivity index (χ0) is 22.6. The van der Waals surface area contributed by atoms with Gasteiger partial charge in [-0.15, -0.1) is 11.8 Å². The van der Waals surface area contributed by atoms with Crippen LogP contribution in [0.3, 0.4) is 0 Å². The van der Waals surface area contributed by atoms with E-state index in [-0.39, 0.29) is 24.3 Å². The number of hydrogen-bond donors (Lipinski definition) is 1. The van der Waals surface area contributed by atoms with Crippen molar-refractivity contribution in [3.63, 3.8) is 0 Å². The summed E-state index contributed by atoms with van der Waals surface area (Å²) in [5.74, 6) is -1.46. The van der Waals surface area contributed by atoms with Crippen LogP contribution in [-0.4, -0.2) is 36.2 Å². The minimum atomic E-state index is -4.59. The van der Waals surface area contributed by atoms with Crippen molar-refractivity contribution >= 4 is 40.9 Å². The average molecular weight is 452 g/mol. The number of benzene rings is 2. The maximum atomic E-state index is 12.9. The summed E-state index contributed by atoms with van der Waals surface area (Å²) in [6.07, 6.45) is -5.72. The van der Waals surface area contributed by atoms with E-state index in [1.165, 1.54) is 18.7 Å². The van der Waals surface area contributed by atoms with E-state index in [1.807, 2.05) is 30.3 Å². The molecule has 1 heterocycles. The highest BCUT2D eigenvalue weighted by atomic mass is 32.2. The van der Waals surface area contributed by atoms with Gasteiger partial charge in [-0.1, -0.05) is 18.2 Å². The van der Waals surface area contributed by atoms with Crippen molar-refractivity contribution < 1.29 is 32.3 Å². The molecule has 0 spiro atoms. The first-order valence-corrected chi connectivity index (χ1v) is 10.3. The molecule has 0 bridgehead atoms. The number of thioether (sulfide) groups is 1. The Labute approximate surface area is 180 Å². The largest absolute Gasteiger partial charge is 0.452 e. The van der Waals surface area contributed by atoms with Crippen molar-refractivity contribution in [2.75, 3.05) is 22.5 Å². The molecule has 0 fully saturated rings. The Hall–Kier alpha value is -3.01. The number of anilines is 2. The molecule has 1 aliphatic heterocycles.